The molecule has 0 unspecified atom stereocenters. The standard InChI is InChI=1S/C19H24N4O6S2/c1-3-22-15-5-4-14(23(26)27)10-16(15)30-19(22)20-17(24)11-31(28,29)12-18(25)21-8-6-13(2)7-9-21/h4-5,10,13H,3,6-9,11-12H2,1-2H3. The number of aryl methyl sites for hydroxylation is 1. The summed E-state index contributed by atoms with van der Waals surface area (Å²) in [7, 11) is -3.96. The minimum Gasteiger partial charge on any atom is -0.342 e. The van der Waals surface area contributed by atoms with Crippen molar-refractivity contribution in [3.63, 3.8) is 0 Å². The molecular formula is C19H24N4O6S2. The largest absolute Gasteiger partial charge is 0.342 e. The summed E-state index contributed by atoms with van der Waals surface area (Å²) in [5.41, 5.74) is 0.588. The lowest BCUT2D eigenvalue weighted by Gasteiger charge is -2.30. The summed E-state index contributed by atoms with van der Waals surface area (Å²) in [6, 6.07) is 4.33. The maximum absolute atomic E-state index is 12.4. The summed E-state index contributed by atoms with van der Waals surface area (Å²) in [5, 5.41) is 11.0. The van der Waals surface area contributed by atoms with Gasteiger partial charge < -0.3 is 9.47 Å². The maximum atomic E-state index is 12.4. The van der Waals surface area contributed by atoms with E-state index in [4.69, 9.17) is 0 Å². The zero-order chi connectivity index (χ0) is 22.8. The molecule has 12 heteroatoms. The lowest BCUT2D eigenvalue weighted by Crippen LogP contribution is -2.41. The molecule has 168 valence electrons. The Kier molecular flexibility index (Phi) is 6.90. The van der Waals surface area contributed by atoms with Crippen LogP contribution >= 0.6 is 11.3 Å². The molecule has 1 aliphatic heterocycles. The number of benzene rings is 1. The van der Waals surface area contributed by atoms with Crippen molar-refractivity contribution in [1.29, 1.82) is 0 Å². The fourth-order valence-corrected chi connectivity index (χ4v) is 5.73. The highest BCUT2D eigenvalue weighted by molar-refractivity contribution is 7.92. The Hall–Kier alpha value is -2.60. The van der Waals surface area contributed by atoms with E-state index < -0.39 is 38.1 Å². The minimum atomic E-state index is -3.96. The van der Waals surface area contributed by atoms with Crippen LogP contribution in [0.2, 0.25) is 0 Å². The Bertz CT molecular complexity index is 1190. The van der Waals surface area contributed by atoms with E-state index in [-0.39, 0.29) is 10.5 Å². The molecule has 0 atom stereocenters. The molecule has 0 N–H and O–H groups in total. The lowest BCUT2D eigenvalue weighted by atomic mass is 9.99. The number of likely N-dealkylation sites (tertiary alicyclic amines) is 1. The molecule has 31 heavy (non-hydrogen) atoms. The number of rotatable bonds is 6. The Balaban J connectivity index is 1.77. The summed E-state index contributed by atoms with van der Waals surface area (Å²) in [5.74, 6) is -2.43. The Morgan fingerprint density at radius 3 is 2.55 bits per heavy atom. The van der Waals surface area contributed by atoms with E-state index in [0.29, 0.717) is 35.8 Å². The molecule has 2 amide bonds. The number of carbonyl (C=O) groups excluding carboxylic acids is 2. The van der Waals surface area contributed by atoms with Crippen LogP contribution in [0.4, 0.5) is 5.69 Å². The van der Waals surface area contributed by atoms with E-state index in [1.807, 2.05) is 6.92 Å². The Labute approximate surface area is 183 Å². The molecule has 10 nitrogen and oxygen atoms in total. The second-order valence-corrected chi connectivity index (χ2v) is 10.7. The topological polar surface area (TPSA) is 132 Å². The van der Waals surface area contributed by atoms with Crippen LogP contribution in [-0.4, -0.2) is 59.2 Å². The van der Waals surface area contributed by atoms with Crippen LogP contribution in [0.3, 0.4) is 0 Å². The molecule has 3 rings (SSSR count). The predicted molar refractivity (Wildman–Crippen MR) is 116 cm³/mol. The van der Waals surface area contributed by atoms with Gasteiger partial charge in [-0.3, -0.25) is 19.7 Å². The lowest BCUT2D eigenvalue weighted by molar-refractivity contribution is -0.384. The first-order chi connectivity index (χ1) is 14.6. The SMILES string of the molecule is CCn1c(=NC(=O)CS(=O)(=O)CC(=O)N2CCC(C)CC2)sc2cc([N+](=O)[O-])ccc21. The van der Waals surface area contributed by atoms with Gasteiger partial charge in [0.25, 0.3) is 11.6 Å². The van der Waals surface area contributed by atoms with Gasteiger partial charge in [-0.05, 0) is 31.7 Å². The van der Waals surface area contributed by atoms with E-state index >= 15 is 0 Å². The highest BCUT2D eigenvalue weighted by Gasteiger charge is 2.26. The van der Waals surface area contributed by atoms with Gasteiger partial charge in [0.1, 0.15) is 11.5 Å². The highest BCUT2D eigenvalue weighted by Crippen LogP contribution is 2.23. The van der Waals surface area contributed by atoms with Gasteiger partial charge in [-0.15, -0.1) is 0 Å². The van der Waals surface area contributed by atoms with Gasteiger partial charge in [-0.2, -0.15) is 4.99 Å². The molecule has 1 aromatic heterocycles. The summed E-state index contributed by atoms with van der Waals surface area (Å²) >= 11 is 1.07. The summed E-state index contributed by atoms with van der Waals surface area (Å²) in [6.45, 7) is 5.42. The fourth-order valence-electron chi connectivity index (χ4n) is 3.48. The van der Waals surface area contributed by atoms with Gasteiger partial charge >= 0.3 is 0 Å². The van der Waals surface area contributed by atoms with Gasteiger partial charge in [0, 0.05) is 31.8 Å². The molecule has 2 aromatic rings. The summed E-state index contributed by atoms with van der Waals surface area (Å²) in [6.07, 6.45) is 1.67. The Morgan fingerprint density at radius 2 is 1.94 bits per heavy atom. The van der Waals surface area contributed by atoms with Crippen molar-refractivity contribution in [1.82, 2.24) is 9.47 Å². The van der Waals surface area contributed by atoms with Gasteiger partial charge in [0.2, 0.25) is 5.91 Å². The fraction of sp³-hybridized carbons (Fsp3) is 0.526. The molecular weight excluding hydrogens is 444 g/mol. The number of hydrogen-bond donors (Lipinski definition) is 0. The molecule has 2 heterocycles. The number of nitro groups is 1. The number of fused-ring (bicyclic) bond motifs is 1. The zero-order valence-electron chi connectivity index (χ0n) is 17.3. The molecule has 0 radical (unpaired) electrons. The molecule has 0 aliphatic carbocycles. The van der Waals surface area contributed by atoms with E-state index in [0.717, 1.165) is 24.2 Å². The number of piperidine rings is 1. The number of non-ortho nitro benzene ring substituents is 1. The third-order valence-corrected chi connectivity index (χ3v) is 7.65. The van der Waals surface area contributed by atoms with Gasteiger partial charge in [0.15, 0.2) is 14.6 Å². The molecule has 1 aliphatic rings. The van der Waals surface area contributed by atoms with E-state index in [1.54, 1.807) is 10.6 Å². The molecule has 1 aromatic carbocycles. The molecule has 1 fully saturated rings. The monoisotopic (exact) mass is 468 g/mol. The van der Waals surface area contributed by atoms with Crippen molar-refractivity contribution in [2.75, 3.05) is 24.6 Å². The third kappa shape index (κ3) is 5.56. The van der Waals surface area contributed by atoms with Crippen LogP contribution in [0.5, 0.6) is 0 Å². The van der Waals surface area contributed by atoms with Crippen LogP contribution in [0.25, 0.3) is 10.2 Å². The number of amides is 2. The van der Waals surface area contributed by atoms with Crippen molar-refractivity contribution in [2.45, 2.75) is 33.2 Å². The van der Waals surface area contributed by atoms with Crippen molar-refractivity contribution in [3.8, 4) is 0 Å². The van der Waals surface area contributed by atoms with Crippen LogP contribution in [0.1, 0.15) is 26.7 Å². The Morgan fingerprint density at radius 1 is 1.26 bits per heavy atom. The van der Waals surface area contributed by atoms with Crippen molar-refractivity contribution in [3.05, 3.63) is 33.1 Å². The van der Waals surface area contributed by atoms with Gasteiger partial charge in [-0.25, -0.2) is 8.42 Å². The van der Waals surface area contributed by atoms with Crippen molar-refractivity contribution in [2.24, 2.45) is 10.9 Å². The second-order valence-electron chi connectivity index (χ2n) is 7.64. The second kappa shape index (κ2) is 9.27. The van der Waals surface area contributed by atoms with Crippen molar-refractivity contribution < 1.29 is 22.9 Å². The van der Waals surface area contributed by atoms with E-state index in [9.17, 15) is 28.1 Å². The first-order valence-electron chi connectivity index (χ1n) is 9.93. The molecule has 0 bridgehead atoms. The van der Waals surface area contributed by atoms with Crippen LogP contribution in [-0.2, 0) is 26.0 Å². The number of carbonyl (C=O) groups is 2. The van der Waals surface area contributed by atoms with Crippen molar-refractivity contribution >= 4 is 48.9 Å². The first-order valence-corrected chi connectivity index (χ1v) is 12.6. The van der Waals surface area contributed by atoms with E-state index in [1.165, 1.54) is 17.0 Å². The number of nitro benzene ring substituents is 1. The normalized spacial score (nSPS) is 16.1. The number of nitrogens with zero attached hydrogens (tertiary/aromatic N) is 4. The third-order valence-electron chi connectivity index (χ3n) is 5.24. The van der Waals surface area contributed by atoms with Crippen LogP contribution in [0.15, 0.2) is 23.2 Å². The predicted octanol–water partition coefficient (Wildman–Crippen LogP) is 1.73. The maximum Gasteiger partial charge on any atom is 0.270 e. The average molecular weight is 469 g/mol. The number of sulfone groups is 1. The molecule has 1 saturated heterocycles. The van der Waals surface area contributed by atoms with E-state index in [2.05, 4.69) is 11.9 Å². The molecule has 0 spiro atoms. The minimum absolute atomic E-state index is 0.0805. The highest BCUT2D eigenvalue weighted by atomic mass is 32.2. The van der Waals surface area contributed by atoms with Crippen LogP contribution in [0, 0.1) is 16.0 Å². The average Bonchev–Trinajstić information content (AvgIpc) is 3.03. The first kappa shape index (κ1) is 23.1. The van der Waals surface area contributed by atoms with Crippen LogP contribution < -0.4 is 4.80 Å². The number of hydrogen-bond acceptors (Lipinski definition) is 7. The smallest absolute Gasteiger partial charge is 0.270 e. The van der Waals surface area contributed by atoms with Gasteiger partial charge in [-0.1, -0.05) is 18.3 Å². The number of aromatic nitrogens is 1. The summed E-state index contributed by atoms with van der Waals surface area (Å²) < 4.78 is 27.0. The molecule has 0 saturated carbocycles. The zero-order valence-corrected chi connectivity index (χ0v) is 18.9. The summed E-state index contributed by atoms with van der Waals surface area (Å²) in [4.78, 5) is 40.9. The van der Waals surface area contributed by atoms with Gasteiger partial charge in [0.05, 0.1) is 15.1 Å². The number of thiazole rings is 1. The quantitative estimate of drug-likeness (QED) is 0.468.